The molecular weight excluding hydrogens is 240 g/mol. The first-order valence-corrected chi connectivity index (χ1v) is 8.02. The molecule has 1 aliphatic carbocycles. The number of ether oxygens (including phenoxy) is 2. The molecule has 2 N–H and O–H groups in total. The Morgan fingerprint density at radius 1 is 1.21 bits per heavy atom. The highest BCUT2D eigenvalue weighted by Gasteiger charge is 2.30. The van der Waals surface area contributed by atoms with E-state index >= 15 is 0 Å². The molecule has 1 aliphatic heterocycles. The van der Waals surface area contributed by atoms with Crippen LogP contribution in [0.2, 0.25) is 0 Å². The summed E-state index contributed by atoms with van der Waals surface area (Å²) in [5, 5.41) is 0. The van der Waals surface area contributed by atoms with Crippen LogP contribution in [0.4, 0.5) is 0 Å². The summed E-state index contributed by atoms with van der Waals surface area (Å²) in [4.78, 5) is 2.55. The van der Waals surface area contributed by atoms with Crippen molar-refractivity contribution in [2.24, 2.45) is 11.7 Å². The first-order chi connectivity index (χ1) is 9.35. The third kappa shape index (κ3) is 4.42. The van der Waals surface area contributed by atoms with Crippen molar-refractivity contribution in [1.29, 1.82) is 0 Å². The first-order valence-electron chi connectivity index (χ1n) is 8.02. The van der Waals surface area contributed by atoms with E-state index in [4.69, 9.17) is 15.2 Å². The predicted octanol–water partition coefficient (Wildman–Crippen LogP) is 1.98. The van der Waals surface area contributed by atoms with Crippen molar-refractivity contribution >= 4 is 0 Å². The average Bonchev–Trinajstić information content (AvgIpc) is 2.93. The molecule has 112 valence electrons. The molecule has 2 aliphatic rings. The van der Waals surface area contributed by atoms with Crippen molar-refractivity contribution in [2.45, 2.75) is 57.8 Å². The van der Waals surface area contributed by atoms with Crippen LogP contribution in [0.15, 0.2) is 0 Å². The molecule has 19 heavy (non-hydrogen) atoms. The van der Waals surface area contributed by atoms with Gasteiger partial charge in [-0.25, -0.2) is 0 Å². The van der Waals surface area contributed by atoms with Gasteiger partial charge >= 0.3 is 0 Å². The zero-order chi connectivity index (χ0) is 13.5. The summed E-state index contributed by atoms with van der Waals surface area (Å²) in [6.07, 6.45) is 7.44. The van der Waals surface area contributed by atoms with Gasteiger partial charge in [0.05, 0.1) is 6.61 Å². The Labute approximate surface area is 117 Å². The molecule has 0 bridgehead atoms. The van der Waals surface area contributed by atoms with E-state index in [9.17, 15) is 0 Å². The molecule has 0 aromatic heterocycles. The van der Waals surface area contributed by atoms with E-state index in [1.165, 1.54) is 32.1 Å². The fraction of sp³-hybridized carbons (Fsp3) is 1.00. The number of likely N-dealkylation sites (N-methyl/N-ethyl adjacent to an activating group) is 1. The Kier molecular flexibility index (Phi) is 6.57. The maximum Gasteiger partial charge on any atom is 0.157 e. The predicted molar refractivity (Wildman–Crippen MR) is 77.0 cm³/mol. The number of hydrogen-bond acceptors (Lipinski definition) is 4. The lowest BCUT2D eigenvalue weighted by atomic mass is 10.0. The highest BCUT2D eigenvalue weighted by molar-refractivity contribution is 4.85. The summed E-state index contributed by atoms with van der Waals surface area (Å²) in [6, 6.07) is 0.672. The summed E-state index contributed by atoms with van der Waals surface area (Å²) in [6.45, 7) is 6.82. The quantitative estimate of drug-likeness (QED) is 0.768. The molecule has 2 rings (SSSR count). The van der Waals surface area contributed by atoms with Gasteiger partial charge in [0, 0.05) is 19.2 Å². The summed E-state index contributed by atoms with van der Waals surface area (Å²) in [7, 11) is 0. The zero-order valence-corrected chi connectivity index (χ0v) is 12.4. The van der Waals surface area contributed by atoms with E-state index in [1.54, 1.807) is 0 Å². The minimum atomic E-state index is 0.0429. The molecule has 0 aromatic carbocycles. The molecule has 1 saturated heterocycles. The van der Waals surface area contributed by atoms with Gasteiger partial charge in [0.2, 0.25) is 0 Å². The maximum atomic E-state index is 5.88. The van der Waals surface area contributed by atoms with Gasteiger partial charge < -0.3 is 15.2 Å². The minimum Gasteiger partial charge on any atom is -0.353 e. The Morgan fingerprint density at radius 3 is 2.79 bits per heavy atom. The van der Waals surface area contributed by atoms with E-state index in [2.05, 4.69) is 11.8 Å². The minimum absolute atomic E-state index is 0.0429. The standard InChI is InChI=1S/C15H30N2O2/c1-2-17(14-7-5-6-13(14)12-16)9-11-19-15-8-3-4-10-18-15/h13-15H,2-12,16H2,1H3. The molecule has 3 atom stereocenters. The summed E-state index contributed by atoms with van der Waals surface area (Å²) in [5.74, 6) is 0.686. The summed E-state index contributed by atoms with van der Waals surface area (Å²) < 4.78 is 11.4. The Bertz CT molecular complexity index is 244. The van der Waals surface area contributed by atoms with Gasteiger partial charge in [-0.1, -0.05) is 13.3 Å². The van der Waals surface area contributed by atoms with Crippen LogP contribution in [-0.2, 0) is 9.47 Å². The van der Waals surface area contributed by atoms with E-state index < -0.39 is 0 Å². The zero-order valence-electron chi connectivity index (χ0n) is 12.4. The van der Waals surface area contributed by atoms with Gasteiger partial charge in [0.15, 0.2) is 6.29 Å². The van der Waals surface area contributed by atoms with Crippen LogP contribution >= 0.6 is 0 Å². The molecule has 4 heteroatoms. The molecule has 0 radical (unpaired) electrons. The fourth-order valence-corrected chi connectivity index (χ4v) is 3.48. The largest absolute Gasteiger partial charge is 0.353 e. The number of hydrogen-bond donors (Lipinski definition) is 1. The second-order valence-electron chi connectivity index (χ2n) is 5.79. The van der Waals surface area contributed by atoms with Crippen LogP contribution in [0.5, 0.6) is 0 Å². The van der Waals surface area contributed by atoms with Crippen molar-refractivity contribution < 1.29 is 9.47 Å². The lowest BCUT2D eigenvalue weighted by Crippen LogP contribution is -2.42. The van der Waals surface area contributed by atoms with Crippen LogP contribution < -0.4 is 5.73 Å². The Morgan fingerprint density at radius 2 is 2.11 bits per heavy atom. The number of nitrogens with zero attached hydrogens (tertiary/aromatic N) is 1. The Balaban J connectivity index is 1.69. The third-order valence-corrected chi connectivity index (χ3v) is 4.62. The second kappa shape index (κ2) is 8.20. The maximum absolute atomic E-state index is 5.88. The van der Waals surface area contributed by atoms with Gasteiger partial charge in [-0.05, 0) is 51.1 Å². The molecule has 1 saturated carbocycles. The third-order valence-electron chi connectivity index (χ3n) is 4.62. The fourth-order valence-electron chi connectivity index (χ4n) is 3.48. The molecular formula is C15H30N2O2. The van der Waals surface area contributed by atoms with E-state index in [1.807, 2.05) is 0 Å². The molecule has 2 fully saturated rings. The van der Waals surface area contributed by atoms with Crippen LogP contribution in [0.1, 0.15) is 45.4 Å². The van der Waals surface area contributed by atoms with Gasteiger partial charge in [-0.2, -0.15) is 0 Å². The molecule has 1 heterocycles. The summed E-state index contributed by atoms with van der Waals surface area (Å²) >= 11 is 0. The van der Waals surface area contributed by atoms with Crippen LogP contribution in [0.25, 0.3) is 0 Å². The van der Waals surface area contributed by atoms with Gasteiger partial charge in [-0.3, -0.25) is 4.90 Å². The lowest BCUT2D eigenvalue weighted by Gasteiger charge is -2.32. The highest BCUT2D eigenvalue weighted by Crippen LogP contribution is 2.29. The van der Waals surface area contributed by atoms with E-state index in [-0.39, 0.29) is 6.29 Å². The van der Waals surface area contributed by atoms with Crippen molar-refractivity contribution in [2.75, 3.05) is 32.8 Å². The molecule has 0 spiro atoms. The SMILES string of the molecule is CCN(CCOC1CCCCO1)C1CCCC1CN. The van der Waals surface area contributed by atoms with Crippen LogP contribution in [-0.4, -0.2) is 50.1 Å². The number of rotatable bonds is 7. The number of nitrogens with two attached hydrogens (primary N) is 1. The van der Waals surface area contributed by atoms with Crippen molar-refractivity contribution in [3.05, 3.63) is 0 Å². The normalized spacial score (nSPS) is 32.1. The van der Waals surface area contributed by atoms with E-state index in [0.717, 1.165) is 39.3 Å². The second-order valence-corrected chi connectivity index (χ2v) is 5.79. The van der Waals surface area contributed by atoms with Crippen molar-refractivity contribution in [3.63, 3.8) is 0 Å². The molecule has 4 nitrogen and oxygen atoms in total. The van der Waals surface area contributed by atoms with Crippen molar-refractivity contribution in [3.8, 4) is 0 Å². The average molecular weight is 270 g/mol. The Hall–Kier alpha value is -0.160. The van der Waals surface area contributed by atoms with E-state index in [0.29, 0.717) is 12.0 Å². The summed E-state index contributed by atoms with van der Waals surface area (Å²) in [5.41, 5.74) is 5.88. The topological polar surface area (TPSA) is 47.7 Å². The van der Waals surface area contributed by atoms with Crippen LogP contribution in [0.3, 0.4) is 0 Å². The molecule has 0 amide bonds. The highest BCUT2D eigenvalue weighted by atomic mass is 16.7. The van der Waals surface area contributed by atoms with Gasteiger partial charge in [0.1, 0.15) is 0 Å². The van der Waals surface area contributed by atoms with Gasteiger partial charge in [0.25, 0.3) is 0 Å². The monoisotopic (exact) mass is 270 g/mol. The molecule has 0 aromatic rings. The lowest BCUT2D eigenvalue weighted by molar-refractivity contribution is -0.165. The smallest absolute Gasteiger partial charge is 0.157 e. The van der Waals surface area contributed by atoms with Gasteiger partial charge in [-0.15, -0.1) is 0 Å². The first kappa shape index (κ1) is 15.2. The van der Waals surface area contributed by atoms with Crippen molar-refractivity contribution in [1.82, 2.24) is 4.90 Å². The molecule has 3 unspecified atom stereocenters. The van der Waals surface area contributed by atoms with Crippen LogP contribution in [0, 0.1) is 5.92 Å².